The number of ketones is 1. The van der Waals surface area contributed by atoms with Gasteiger partial charge in [-0.1, -0.05) is 6.07 Å². The van der Waals surface area contributed by atoms with E-state index in [0.29, 0.717) is 18.8 Å². The Balaban J connectivity index is 1.42. The molecule has 1 saturated heterocycles. The lowest BCUT2D eigenvalue weighted by Gasteiger charge is -2.36. The topological polar surface area (TPSA) is 58.4 Å². The number of nitrogens with zero attached hydrogens (tertiary/aromatic N) is 4. The van der Waals surface area contributed by atoms with Gasteiger partial charge < -0.3 is 9.80 Å². The van der Waals surface area contributed by atoms with Crippen molar-refractivity contribution >= 4 is 28.7 Å². The van der Waals surface area contributed by atoms with Crippen LogP contribution < -0.4 is 4.90 Å². The van der Waals surface area contributed by atoms with Crippen LogP contribution in [-0.4, -0.2) is 52.5 Å². The average molecular weight is 395 g/mol. The lowest BCUT2D eigenvalue weighted by atomic mass is 10.1. The number of hydrogen-bond acceptors (Lipinski definition) is 5. The molecule has 1 amide bonds. The molecule has 0 bridgehead atoms. The van der Waals surface area contributed by atoms with E-state index in [1.807, 2.05) is 59.8 Å². The van der Waals surface area contributed by atoms with Crippen LogP contribution in [0, 0.1) is 0 Å². The summed E-state index contributed by atoms with van der Waals surface area (Å²) >= 11 is 1.62. The van der Waals surface area contributed by atoms with E-state index in [1.54, 1.807) is 22.9 Å². The van der Waals surface area contributed by atoms with Gasteiger partial charge in [-0.05, 0) is 48.7 Å². The Hall–Kier alpha value is -2.93. The van der Waals surface area contributed by atoms with Crippen LogP contribution in [0.25, 0.3) is 10.6 Å². The predicted octanol–water partition coefficient (Wildman–Crippen LogP) is 3.31. The molecule has 6 nitrogen and oxygen atoms in total. The Morgan fingerprint density at radius 1 is 1.04 bits per heavy atom. The molecule has 0 unspecified atom stereocenters. The minimum atomic E-state index is 0.0179. The van der Waals surface area contributed by atoms with Gasteiger partial charge in [0.2, 0.25) is 0 Å². The first-order valence-corrected chi connectivity index (χ1v) is 10.1. The van der Waals surface area contributed by atoms with Crippen LogP contribution in [0.2, 0.25) is 0 Å². The first-order valence-electron chi connectivity index (χ1n) is 9.26. The van der Waals surface area contributed by atoms with E-state index in [-0.39, 0.29) is 11.7 Å². The summed E-state index contributed by atoms with van der Waals surface area (Å²) in [6, 6.07) is 13.5. The first-order chi connectivity index (χ1) is 13.5. The standard InChI is InChI=1S/C21H22N4O2S/c1-15(26)16-5-7-17(8-6-16)24-9-11-25(12-10-24)21(27)19-14-18(22-23(19)2)20-4-3-13-28-20/h3-8,13-14H,9-12H2,1-2H3. The lowest BCUT2D eigenvalue weighted by molar-refractivity contribution is 0.0735. The molecule has 4 rings (SSSR count). The fourth-order valence-corrected chi connectivity index (χ4v) is 4.13. The molecule has 3 heterocycles. The summed E-state index contributed by atoms with van der Waals surface area (Å²) in [5.74, 6) is 0.0874. The summed E-state index contributed by atoms with van der Waals surface area (Å²) in [4.78, 5) is 29.6. The van der Waals surface area contributed by atoms with Crippen LogP contribution >= 0.6 is 11.3 Å². The highest BCUT2D eigenvalue weighted by atomic mass is 32.1. The molecule has 144 valence electrons. The van der Waals surface area contributed by atoms with Gasteiger partial charge in [0, 0.05) is 44.5 Å². The third-order valence-electron chi connectivity index (χ3n) is 5.08. The molecule has 1 aliphatic rings. The number of aromatic nitrogens is 2. The second kappa shape index (κ2) is 7.59. The maximum atomic E-state index is 13.0. The summed E-state index contributed by atoms with van der Waals surface area (Å²) in [5, 5.41) is 6.50. The van der Waals surface area contributed by atoms with Crippen molar-refractivity contribution in [2.75, 3.05) is 31.1 Å². The van der Waals surface area contributed by atoms with Crippen LogP contribution in [-0.2, 0) is 7.05 Å². The van der Waals surface area contributed by atoms with Crippen LogP contribution in [0.3, 0.4) is 0 Å². The average Bonchev–Trinajstić information content (AvgIpc) is 3.37. The van der Waals surface area contributed by atoms with Crippen molar-refractivity contribution in [2.24, 2.45) is 7.05 Å². The van der Waals surface area contributed by atoms with E-state index < -0.39 is 0 Å². The lowest BCUT2D eigenvalue weighted by Crippen LogP contribution is -2.49. The summed E-state index contributed by atoms with van der Waals surface area (Å²) < 4.78 is 1.67. The van der Waals surface area contributed by atoms with Crippen LogP contribution in [0.15, 0.2) is 47.8 Å². The number of thiophene rings is 1. The molecule has 0 aliphatic carbocycles. The fourth-order valence-electron chi connectivity index (χ4n) is 3.45. The smallest absolute Gasteiger partial charge is 0.272 e. The molecule has 7 heteroatoms. The Bertz CT molecular complexity index is 984. The number of amides is 1. The largest absolute Gasteiger partial charge is 0.368 e. The number of aryl methyl sites for hydroxylation is 1. The van der Waals surface area contributed by atoms with E-state index >= 15 is 0 Å². The minimum absolute atomic E-state index is 0.0179. The van der Waals surface area contributed by atoms with Gasteiger partial charge in [0.1, 0.15) is 11.4 Å². The summed E-state index contributed by atoms with van der Waals surface area (Å²) in [5.41, 5.74) is 3.25. The van der Waals surface area contributed by atoms with Gasteiger partial charge >= 0.3 is 0 Å². The molecule has 0 saturated carbocycles. The SMILES string of the molecule is CC(=O)c1ccc(N2CCN(C(=O)c3cc(-c4cccs4)nn3C)CC2)cc1. The third kappa shape index (κ3) is 3.57. The van der Waals surface area contributed by atoms with E-state index in [2.05, 4.69) is 10.00 Å². The number of carbonyl (C=O) groups excluding carboxylic acids is 2. The quantitative estimate of drug-likeness (QED) is 0.637. The summed E-state index contributed by atoms with van der Waals surface area (Å²) in [6.07, 6.45) is 0. The molecular formula is C21H22N4O2S. The van der Waals surface area contributed by atoms with E-state index in [4.69, 9.17) is 0 Å². The first kappa shape index (κ1) is 18.4. The number of benzene rings is 1. The van der Waals surface area contributed by atoms with Gasteiger partial charge in [0.25, 0.3) is 5.91 Å². The Labute approximate surface area is 168 Å². The molecule has 2 aromatic heterocycles. The highest BCUT2D eigenvalue weighted by Crippen LogP contribution is 2.25. The number of anilines is 1. The molecule has 0 N–H and O–H groups in total. The van der Waals surface area contributed by atoms with Gasteiger partial charge in [0.05, 0.1) is 4.88 Å². The molecule has 1 aromatic carbocycles. The molecule has 1 fully saturated rings. The highest BCUT2D eigenvalue weighted by Gasteiger charge is 2.25. The zero-order valence-corrected chi connectivity index (χ0v) is 16.8. The molecule has 0 spiro atoms. The van der Waals surface area contributed by atoms with Gasteiger partial charge in [-0.15, -0.1) is 11.3 Å². The maximum Gasteiger partial charge on any atom is 0.272 e. The summed E-state index contributed by atoms with van der Waals surface area (Å²) in [6.45, 7) is 4.42. The van der Waals surface area contributed by atoms with Crippen molar-refractivity contribution in [1.29, 1.82) is 0 Å². The fraction of sp³-hybridized carbons (Fsp3) is 0.286. The zero-order chi connectivity index (χ0) is 19.7. The van der Waals surface area contributed by atoms with E-state index in [9.17, 15) is 9.59 Å². The number of Topliss-reactive ketones (excluding diaryl/α,β-unsaturated/α-hetero) is 1. The van der Waals surface area contributed by atoms with Crippen molar-refractivity contribution in [3.63, 3.8) is 0 Å². The molecule has 3 aromatic rings. The number of carbonyl (C=O) groups is 2. The second-order valence-electron chi connectivity index (χ2n) is 6.90. The number of hydrogen-bond donors (Lipinski definition) is 0. The number of piperazine rings is 1. The van der Waals surface area contributed by atoms with Crippen molar-refractivity contribution in [2.45, 2.75) is 6.92 Å². The van der Waals surface area contributed by atoms with Crippen molar-refractivity contribution < 1.29 is 9.59 Å². The molecule has 1 aliphatic heterocycles. The minimum Gasteiger partial charge on any atom is -0.368 e. The molecule has 28 heavy (non-hydrogen) atoms. The second-order valence-corrected chi connectivity index (χ2v) is 7.85. The van der Waals surface area contributed by atoms with Crippen molar-refractivity contribution in [1.82, 2.24) is 14.7 Å². The van der Waals surface area contributed by atoms with Crippen LogP contribution in [0.5, 0.6) is 0 Å². The van der Waals surface area contributed by atoms with Gasteiger partial charge in [-0.2, -0.15) is 5.10 Å². The monoisotopic (exact) mass is 394 g/mol. The molecular weight excluding hydrogens is 372 g/mol. The Kier molecular flexibility index (Phi) is 5.00. The van der Waals surface area contributed by atoms with Crippen molar-refractivity contribution in [3.05, 3.63) is 59.1 Å². The molecule has 0 radical (unpaired) electrons. The Morgan fingerprint density at radius 3 is 2.36 bits per heavy atom. The molecule has 0 atom stereocenters. The summed E-state index contributed by atoms with van der Waals surface area (Å²) in [7, 11) is 1.82. The normalized spacial score (nSPS) is 14.4. The third-order valence-corrected chi connectivity index (χ3v) is 5.97. The van der Waals surface area contributed by atoms with Gasteiger partial charge in [0.15, 0.2) is 5.78 Å². The highest BCUT2D eigenvalue weighted by molar-refractivity contribution is 7.13. The van der Waals surface area contributed by atoms with Gasteiger partial charge in [-0.3, -0.25) is 14.3 Å². The van der Waals surface area contributed by atoms with Crippen LogP contribution in [0.1, 0.15) is 27.8 Å². The van der Waals surface area contributed by atoms with E-state index in [0.717, 1.165) is 34.9 Å². The van der Waals surface area contributed by atoms with Crippen LogP contribution in [0.4, 0.5) is 5.69 Å². The predicted molar refractivity (Wildman–Crippen MR) is 111 cm³/mol. The van der Waals surface area contributed by atoms with Gasteiger partial charge in [-0.25, -0.2) is 0 Å². The number of rotatable bonds is 4. The van der Waals surface area contributed by atoms with E-state index in [1.165, 1.54) is 0 Å². The van der Waals surface area contributed by atoms with Crippen molar-refractivity contribution in [3.8, 4) is 10.6 Å². The zero-order valence-electron chi connectivity index (χ0n) is 16.0. The Morgan fingerprint density at radius 2 is 1.75 bits per heavy atom. The maximum absolute atomic E-state index is 13.0.